The van der Waals surface area contributed by atoms with Crippen molar-refractivity contribution >= 4 is 51.3 Å². The van der Waals surface area contributed by atoms with Crippen molar-refractivity contribution in [2.75, 3.05) is 11.9 Å². The molecule has 1 aromatic carbocycles. The maximum atomic E-state index is 12.8. The van der Waals surface area contributed by atoms with Gasteiger partial charge in [-0.25, -0.2) is 4.79 Å². The summed E-state index contributed by atoms with van der Waals surface area (Å²) in [6.45, 7) is 4.21. The summed E-state index contributed by atoms with van der Waals surface area (Å²) in [5.74, 6) is -0.151. The number of nitrogens with zero attached hydrogens (tertiary/aromatic N) is 2. The Morgan fingerprint density at radius 3 is 2.56 bits per heavy atom. The summed E-state index contributed by atoms with van der Waals surface area (Å²) in [4.78, 5) is 26.4. The molecule has 1 amide bonds. The summed E-state index contributed by atoms with van der Waals surface area (Å²) in [7, 11) is 0. The van der Waals surface area contributed by atoms with Gasteiger partial charge >= 0.3 is 5.97 Å². The number of benzene rings is 1. The topological polar surface area (TPSA) is 90.4 Å². The number of thiophene rings is 2. The minimum Gasteiger partial charge on any atom is -0.487 e. The van der Waals surface area contributed by atoms with Crippen LogP contribution in [0, 0.1) is 6.92 Å². The third-order valence-electron chi connectivity index (χ3n) is 4.52. The van der Waals surface area contributed by atoms with Gasteiger partial charge in [0.2, 0.25) is 0 Å². The maximum Gasteiger partial charge on any atom is 0.341 e. The Morgan fingerprint density at radius 2 is 1.91 bits per heavy atom. The predicted octanol–water partition coefficient (Wildman–Crippen LogP) is 5.64. The van der Waals surface area contributed by atoms with Crippen molar-refractivity contribution in [2.45, 2.75) is 20.5 Å². The molecule has 0 spiro atoms. The van der Waals surface area contributed by atoms with E-state index < -0.39 is 5.97 Å². The van der Waals surface area contributed by atoms with E-state index in [1.807, 2.05) is 29.8 Å². The molecule has 0 atom stereocenters. The highest BCUT2D eigenvalue weighted by atomic mass is 32.1. The highest BCUT2D eigenvalue weighted by Gasteiger charge is 2.23. The van der Waals surface area contributed by atoms with Crippen LogP contribution in [0.3, 0.4) is 0 Å². The fourth-order valence-corrected chi connectivity index (χ4v) is 5.20. The number of aryl methyl sites for hydroxylation is 1. The highest BCUT2D eigenvalue weighted by Crippen LogP contribution is 2.38. The number of nitrogens with one attached hydrogen (secondary N) is 1. The van der Waals surface area contributed by atoms with Crippen LogP contribution in [0.2, 0.25) is 0 Å². The van der Waals surface area contributed by atoms with Crippen LogP contribution in [0.5, 0.6) is 5.75 Å². The van der Waals surface area contributed by atoms with Crippen molar-refractivity contribution in [3.05, 3.63) is 69.7 Å². The van der Waals surface area contributed by atoms with Crippen molar-refractivity contribution in [2.24, 2.45) is 0 Å². The van der Waals surface area contributed by atoms with E-state index in [4.69, 9.17) is 9.47 Å². The molecular formula is C22H19N3O4S3. The average Bonchev–Trinajstić information content (AvgIpc) is 3.54. The van der Waals surface area contributed by atoms with Gasteiger partial charge < -0.3 is 14.8 Å². The highest BCUT2D eigenvalue weighted by molar-refractivity contribution is 7.17. The number of ether oxygens (including phenoxy) is 2. The van der Waals surface area contributed by atoms with Crippen LogP contribution < -0.4 is 10.1 Å². The number of esters is 1. The van der Waals surface area contributed by atoms with Crippen LogP contribution in [-0.4, -0.2) is 27.2 Å². The van der Waals surface area contributed by atoms with E-state index in [-0.39, 0.29) is 12.5 Å². The molecule has 3 heterocycles. The SMILES string of the molecule is CCOC(=O)c1c(-c2cccs2)csc1NC(=O)c1ccc(OCc2nsnc2C)cc1. The summed E-state index contributed by atoms with van der Waals surface area (Å²) in [5.41, 5.74) is 3.22. The van der Waals surface area contributed by atoms with E-state index in [1.165, 1.54) is 22.7 Å². The van der Waals surface area contributed by atoms with Gasteiger partial charge in [-0.3, -0.25) is 4.79 Å². The number of amides is 1. The quantitative estimate of drug-likeness (QED) is 0.325. The third-order valence-corrected chi connectivity index (χ3v) is 6.98. The number of aromatic nitrogens is 2. The lowest BCUT2D eigenvalue weighted by Gasteiger charge is -2.09. The van der Waals surface area contributed by atoms with Crippen LogP contribution in [0.1, 0.15) is 39.0 Å². The Kier molecular flexibility index (Phi) is 6.93. The van der Waals surface area contributed by atoms with E-state index in [1.54, 1.807) is 31.2 Å². The normalized spacial score (nSPS) is 10.7. The van der Waals surface area contributed by atoms with Crippen LogP contribution in [0.25, 0.3) is 10.4 Å². The van der Waals surface area contributed by atoms with Gasteiger partial charge in [-0.2, -0.15) is 8.75 Å². The van der Waals surface area contributed by atoms with E-state index in [0.29, 0.717) is 28.5 Å². The Bertz CT molecular complexity index is 1210. The predicted molar refractivity (Wildman–Crippen MR) is 127 cm³/mol. The fourth-order valence-electron chi connectivity index (χ4n) is 2.88. The zero-order valence-electron chi connectivity index (χ0n) is 17.3. The van der Waals surface area contributed by atoms with Crippen LogP contribution in [-0.2, 0) is 11.3 Å². The molecule has 0 saturated carbocycles. The number of carbonyl (C=O) groups excluding carboxylic acids is 2. The first-order valence-corrected chi connectivity index (χ1v) is 12.2. The summed E-state index contributed by atoms with van der Waals surface area (Å²) >= 11 is 3.98. The number of carbonyl (C=O) groups is 2. The molecule has 0 bridgehead atoms. The monoisotopic (exact) mass is 485 g/mol. The number of hydrogen-bond donors (Lipinski definition) is 1. The molecule has 0 aliphatic rings. The molecule has 10 heteroatoms. The minimum atomic E-state index is -0.456. The molecule has 4 aromatic rings. The molecule has 0 aliphatic carbocycles. The summed E-state index contributed by atoms with van der Waals surface area (Å²) in [5, 5.41) is 7.12. The van der Waals surface area contributed by atoms with E-state index in [9.17, 15) is 9.59 Å². The lowest BCUT2D eigenvalue weighted by Crippen LogP contribution is -2.14. The standard InChI is InChI=1S/C22H19N3O4S3/c1-3-28-22(27)19-16(18-5-4-10-30-18)12-31-21(19)23-20(26)14-6-8-15(9-7-14)29-11-17-13(2)24-32-25-17/h4-10,12H,3,11H2,1-2H3,(H,23,26). The summed E-state index contributed by atoms with van der Waals surface area (Å²) < 4.78 is 19.3. The smallest absolute Gasteiger partial charge is 0.341 e. The molecule has 0 aliphatic heterocycles. The van der Waals surface area contributed by atoms with Crippen molar-refractivity contribution in [3.63, 3.8) is 0 Å². The van der Waals surface area contributed by atoms with E-state index in [0.717, 1.165) is 33.6 Å². The Balaban J connectivity index is 1.48. The molecular weight excluding hydrogens is 466 g/mol. The van der Waals surface area contributed by atoms with Crippen molar-refractivity contribution in [1.82, 2.24) is 8.75 Å². The van der Waals surface area contributed by atoms with Gasteiger partial charge in [0, 0.05) is 21.4 Å². The second-order valence-corrected chi connectivity index (χ2v) is 8.97. The van der Waals surface area contributed by atoms with Gasteiger partial charge in [0.15, 0.2) is 0 Å². The third kappa shape index (κ3) is 4.87. The van der Waals surface area contributed by atoms with E-state index in [2.05, 4.69) is 14.1 Å². The Morgan fingerprint density at radius 1 is 1.09 bits per heavy atom. The summed E-state index contributed by atoms with van der Waals surface area (Å²) in [6, 6.07) is 10.6. The average molecular weight is 486 g/mol. The van der Waals surface area contributed by atoms with Crippen molar-refractivity contribution in [3.8, 4) is 16.2 Å². The first-order chi connectivity index (χ1) is 15.6. The lowest BCUT2D eigenvalue weighted by atomic mass is 10.1. The number of hydrogen-bond acceptors (Lipinski definition) is 9. The van der Waals surface area contributed by atoms with Gasteiger partial charge in [0.1, 0.15) is 28.6 Å². The van der Waals surface area contributed by atoms with Gasteiger partial charge in [-0.15, -0.1) is 22.7 Å². The van der Waals surface area contributed by atoms with Gasteiger partial charge in [0.25, 0.3) is 5.91 Å². The molecule has 0 radical (unpaired) electrons. The number of anilines is 1. The van der Waals surface area contributed by atoms with Crippen LogP contribution in [0.4, 0.5) is 5.00 Å². The second kappa shape index (κ2) is 10.0. The van der Waals surface area contributed by atoms with E-state index >= 15 is 0 Å². The molecule has 4 rings (SSSR count). The van der Waals surface area contributed by atoms with Gasteiger partial charge in [-0.1, -0.05) is 6.07 Å². The first kappa shape index (κ1) is 22.1. The largest absolute Gasteiger partial charge is 0.487 e. The molecule has 1 N–H and O–H groups in total. The molecule has 7 nitrogen and oxygen atoms in total. The van der Waals surface area contributed by atoms with Crippen LogP contribution in [0.15, 0.2) is 47.2 Å². The van der Waals surface area contributed by atoms with Crippen LogP contribution >= 0.6 is 34.4 Å². The molecule has 0 fully saturated rings. The first-order valence-electron chi connectivity index (χ1n) is 9.71. The van der Waals surface area contributed by atoms with Crippen molar-refractivity contribution < 1.29 is 19.1 Å². The lowest BCUT2D eigenvalue weighted by molar-refractivity contribution is 0.0529. The molecule has 3 aromatic heterocycles. The molecule has 0 saturated heterocycles. The molecule has 164 valence electrons. The summed E-state index contributed by atoms with van der Waals surface area (Å²) in [6.07, 6.45) is 0. The Labute approximate surface area is 197 Å². The fraction of sp³-hybridized carbons (Fsp3) is 0.182. The zero-order chi connectivity index (χ0) is 22.5. The number of rotatable bonds is 8. The van der Waals surface area contributed by atoms with Gasteiger partial charge in [0.05, 0.1) is 24.0 Å². The molecule has 0 unspecified atom stereocenters. The minimum absolute atomic E-state index is 0.254. The maximum absolute atomic E-state index is 12.8. The van der Waals surface area contributed by atoms with Crippen molar-refractivity contribution in [1.29, 1.82) is 0 Å². The molecule has 32 heavy (non-hydrogen) atoms. The zero-order valence-corrected chi connectivity index (χ0v) is 19.7. The Hall–Kier alpha value is -3.08. The van der Waals surface area contributed by atoms with Gasteiger partial charge in [-0.05, 0) is 49.6 Å². The second-order valence-electron chi connectivity index (χ2n) is 6.61.